The highest BCUT2D eigenvalue weighted by molar-refractivity contribution is 6.13. The van der Waals surface area contributed by atoms with Crippen LogP contribution in [-0.2, 0) is 0 Å². The van der Waals surface area contributed by atoms with Crippen LogP contribution in [0.1, 0.15) is 34.1 Å². The van der Waals surface area contributed by atoms with Crippen molar-refractivity contribution in [2.45, 2.75) is 13.3 Å². The van der Waals surface area contributed by atoms with Gasteiger partial charge in [-0.25, -0.2) is 0 Å². The third kappa shape index (κ3) is 4.14. The number of anilines is 2. The molecule has 0 aliphatic carbocycles. The van der Waals surface area contributed by atoms with Crippen LogP contribution >= 0.6 is 0 Å². The van der Waals surface area contributed by atoms with Crippen LogP contribution in [0.25, 0.3) is 10.8 Å². The van der Waals surface area contributed by atoms with Gasteiger partial charge in [0.05, 0.1) is 5.56 Å². The van der Waals surface area contributed by atoms with E-state index in [0.29, 0.717) is 23.4 Å². The highest BCUT2D eigenvalue weighted by Crippen LogP contribution is 2.25. The van der Waals surface area contributed by atoms with Crippen LogP contribution in [0.5, 0.6) is 0 Å². The Morgan fingerprint density at radius 1 is 0.893 bits per heavy atom. The van der Waals surface area contributed by atoms with Crippen LogP contribution in [0.15, 0.2) is 60.7 Å². The Labute approximate surface area is 165 Å². The van der Waals surface area contributed by atoms with E-state index in [-0.39, 0.29) is 11.8 Å². The van der Waals surface area contributed by atoms with Gasteiger partial charge in [-0.15, -0.1) is 0 Å². The summed E-state index contributed by atoms with van der Waals surface area (Å²) in [5.74, 6) is -0.346. The topological polar surface area (TPSA) is 61.4 Å². The molecule has 0 bridgehead atoms. The molecule has 0 heterocycles. The molecule has 0 atom stereocenters. The van der Waals surface area contributed by atoms with Gasteiger partial charge < -0.3 is 15.5 Å². The molecule has 0 saturated heterocycles. The standard InChI is InChI=1S/C23H25N3O2/c1-4-14-24-22(27)20-15-17(12-13-21(20)26(2)3)25-23(28)19-11-7-9-16-8-5-6-10-18(16)19/h5-13,15H,4,14H2,1-3H3,(H,24,27)(H,25,28). The third-order valence-corrected chi connectivity index (χ3v) is 4.55. The van der Waals surface area contributed by atoms with Gasteiger partial charge in [-0.2, -0.15) is 0 Å². The monoisotopic (exact) mass is 375 g/mol. The van der Waals surface area contributed by atoms with Crippen molar-refractivity contribution in [2.24, 2.45) is 0 Å². The molecule has 3 rings (SSSR count). The van der Waals surface area contributed by atoms with Gasteiger partial charge in [0.2, 0.25) is 0 Å². The largest absolute Gasteiger partial charge is 0.377 e. The van der Waals surface area contributed by atoms with Gasteiger partial charge in [0.25, 0.3) is 11.8 Å². The lowest BCUT2D eigenvalue weighted by molar-refractivity contribution is 0.0952. The predicted molar refractivity (Wildman–Crippen MR) is 115 cm³/mol. The summed E-state index contributed by atoms with van der Waals surface area (Å²) in [6.45, 7) is 2.62. The Bertz CT molecular complexity index is 1010. The summed E-state index contributed by atoms with van der Waals surface area (Å²) in [5.41, 5.74) is 2.53. The fraction of sp³-hybridized carbons (Fsp3) is 0.217. The third-order valence-electron chi connectivity index (χ3n) is 4.55. The van der Waals surface area contributed by atoms with Crippen LogP contribution in [0.4, 0.5) is 11.4 Å². The van der Waals surface area contributed by atoms with Crippen molar-refractivity contribution in [1.82, 2.24) is 5.32 Å². The second-order valence-electron chi connectivity index (χ2n) is 6.86. The van der Waals surface area contributed by atoms with Gasteiger partial charge in [0.1, 0.15) is 0 Å². The zero-order valence-electron chi connectivity index (χ0n) is 16.5. The number of carbonyl (C=O) groups is 2. The average Bonchev–Trinajstić information content (AvgIpc) is 2.71. The molecule has 3 aromatic carbocycles. The Morgan fingerprint density at radius 2 is 1.64 bits per heavy atom. The Kier molecular flexibility index (Phi) is 5.94. The van der Waals surface area contributed by atoms with E-state index >= 15 is 0 Å². The minimum atomic E-state index is -0.200. The molecule has 0 radical (unpaired) electrons. The van der Waals surface area contributed by atoms with Crippen molar-refractivity contribution in [1.29, 1.82) is 0 Å². The molecule has 2 amide bonds. The zero-order chi connectivity index (χ0) is 20.1. The van der Waals surface area contributed by atoms with Crippen molar-refractivity contribution in [2.75, 3.05) is 30.9 Å². The first-order valence-electron chi connectivity index (χ1n) is 9.40. The molecule has 0 unspecified atom stereocenters. The number of nitrogens with one attached hydrogen (secondary N) is 2. The van der Waals surface area contributed by atoms with Crippen LogP contribution < -0.4 is 15.5 Å². The van der Waals surface area contributed by atoms with E-state index in [2.05, 4.69) is 10.6 Å². The number of carbonyl (C=O) groups excluding carboxylic acids is 2. The first-order chi connectivity index (χ1) is 13.5. The second kappa shape index (κ2) is 8.57. The van der Waals surface area contributed by atoms with E-state index in [1.54, 1.807) is 12.1 Å². The lowest BCUT2D eigenvalue weighted by Gasteiger charge is -2.18. The first-order valence-corrected chi connectivity index (χ1v) is 9.40. The summed E-state index contributed by atoms with van der Waals surface area (Å²) in [5, 5.41) is 7.74. The number of nitrogens with zero attached hydrogens (tertiary/aromatic N) is 1. The molecule has 0 spiro atoms. The van der Waals surface area contributed by atoms with Gasteiger partial charge in [0, 0.05) is 37.6 Å². The lowest BCUT2D eigenvalue weighted by atomic mass is 10.0. The number of hydrogen-bond donors (Lipinski definition) is 2. The van der Waals surface area contributed by atoms with Crippen molar-refractivity contribution < 1.29 is 9.59 Å². The number of amides is 2. The molecule has 0 aromatic heterocycles. The van der Waals surface area contributed by atoms with Crippen LogP contribution in [0.3, 0.4) is 0 Å². The summed E-state index contributed by atoms with van der Waals surface area (Å²) in [6, 6.07) is 18.8. The van der Waals surface area contributed by atoms with Gasteiger partial charge in [-0.3, -0.25) is 9.59 Å². The molecule has 0 aliphatic rings. The minimum Gasteiger partial charge on any atom is -0.377 e. The molecule has 28 heavy (non-hydrogen) atoms. The lowest BCUT2D eigenvalue weighted by Crippen LogP contribution is -2.26. The molecule has 0 saturated carbocycles. The molecular formula is C23H25N3O2. The predicted octanol–water partition coefficient (Wildman–Crippen LogP) is 4.30. The van der Waals surface area contributed by atoms with E-state index in [1.165, 1.54) is 0 Å². The summed E-state index contributed by atoms with van der Waals surface area (Å²) < 4.78 is 0. The zero-order valence-corrected chi connectivity index (χ0v) is 16.5. The number of fused-ring (bicyclic) bond motifs is 1. The number of hydrogen-bond acceptors (Lipinski definition) is 3. The van der Waals surface area contributed by atoms with Crippen molar-refractivity contribution >= 4 is 34.0 Å². The summed E-state index contributed by atoms with van der Waals surface area (Å²) >= 11 is 0. The first kappa shape index (κ1) is 19.4. The van der Waals surface area contributed by atoms with E-state index in [0.717, 1.165) is 22.9 Å². The second-order valence-corrected chi connectivity index (χ2v) is 6.86. The normalized spacial score (nSPS) is 10.5. The SMILES string of the molecule is CCCNC(=O)c1cc(NC(=O)c2cccc3ccccc23)ccc1N(C)C. The molecule has 5 heteroatoms. The van der Waals surface area contributed by atoms with E-state index in [4.69, 9.17) is 0 Å². The van der Waals surface area contributed by atoms with Crippen LogP contribution in [0, 0.1) is 0 Å². The van der Waals surface area contributed by atoms with Crippen molar-refractivity contribution in [3.8, 4) is 0 Å². The molecule has 144 valence electrons. The average molecular weight is 375 g/mol. The maximum Gasteiger partial charge on any atom is 0.256 e. The van der Waals surface area contributed by atoms with Crippen LogP contribution in [0.2, 0.25) is 0 Å². The van der Waals surface area contributed by atoms with Crippen LogP contribution in [-0.4, -0.2) is 32.5 Å². The molecule has 3 aromatic rings. The van der Waals surface area contributed by atoms with Crippen molar-refractivity contribution in [3.05, 3.63) is 71.8 Å². The maximum atomic E-state index is 12.9. The highest BCUT2D eigenvalue weighted by atomic mass is 16.2. The Hall–Kier alpha value is -3.34. The van der Waals surface area contributed by atoms with Gasteiger partial charge in [0.15, 0.2) is 0 Å². The number of benzene rings is 3. The summed E-state index contributed by atoms with van der Waals surface area (Å²) in [7, 11) is 3.78. The van der Waals surface area contributed by atoms with Gasteiger partial charge in [-0.1, -0.05) is 43.3 Å². The van der Waals surface area contributed by atoms with Gasteiger partial charge in [-0.05, 0) is 41.5 Å². The van der Waals surface area contributed by atoms with Gasteiger partial charge >= 0.3 is 0 Å². The summed E-state index contributed by atoms with van der Waals surface area (Å²) in [4.78, 5) is 27.3. The van der Waals surface area contributed by atoms with E-state index < -0.39 is 0 Å². The quantitative estimate of drug-likeness (QED) is 0.675. The fourth-order valence-corrected chi connectivity index (χ4v) is 3.14. The van der Waals surface area contributed by atoms with Crippen molar-refractivity contribution in [3.63, 3.8) is 0 Å². The fourth-order valence-electron chi connectivity index (χ4n) is 3.14. The Morgan fingerprint density at radius 3 is 2.39 bits per heavy atom. The Balaban J connectivity index is 1.91. The summed E-state index contributed by atoms with van der Waals surface area (Å²) in [6.07, 6.45) is 0.862. The minimum absolute atomic E-state index is 0.146. The molecular weight excluding hydrogens is 350 g/mol. The molecule has 0 fully saturated rings. The molecule has 5 nitrogen and oxygen atoms in total. The maximum absolute atomic E-state index is 12.9. The smallest absolute Gasteiger partial charge is 0.256 e. The van der Waals surface area contributed by atoms with E-state index in [9.17, 15) is 9.59 Å². The highest BCUT2D eigenvalue weighted by Gasteiger charge is 2.15. The number of rotatable bonds is 6. The molecule has 0 aliphatic heterocycles. The molecule has 2 N–H and O–H groups in total. The van der Waals surface area contributed by atoms with E-state index in [1.807, 2.05) is 74.4 Å².